The number of pyridine rings is 1. The number of hydrogen-bond acceptors (Lipinski definition) is 9. The molecular weight excluding hydrogens is 662 g/mol. The molecule has 1 aliphatic heterocycles. The molecule has 13 nitrogen and oxygen atoms in total. The van der Waals surface area contributed by atoms with E-state index in [4.69, 9.17) is 9.47 Å². The normalized spacial score (nSPS) is 24.2. The van der Waals surface area contributed by atoms with Gasteiger partial charge in [0.05, 0.1) is 11.8 Å². The Hall–Kier alpha value is -4.20. The van der Waals surface area contributed by atoms with Gasteiger partial charge in [-0.2, -0.15) is 0 Å². The number of alkyl carbamates (subject to hydrolysis) is 1. The number of hydrogen-bond donors (Lipinski definition) is 3. The maximum atomic E-state index is 14.4. The Labute approximate surface area is 294 Å². The summed E-state index contributed by atoms with van der Waals surface area (Å²) in [4.78, 5) is 60.8. The van der Waals surface area contributed by atoms with Gasteiger partial charge in [-0.3, -0.25) is 19.1 Å². The smallest absolute Gasteiger partial charge is 0.408 e. The third-order valence-corrected chi connectivity index (χ3v) is 11.2. The molecule has 1 saturated heterocycles. The number of nitrogens with zero attached hydrogens (tertiary/aromatic N) is 2. The highest BCUT2D eigenvalue weighted by molar-refractivity contribution is 7.91. The van der Waals surface area contributed by atoms with Crippen molar-refractivity contribution >= 4 is 44.6 Å². The van der Waals surface area contributed by atoms with Gasteiger partial charge in [0.2, 0.25) is 27.7 Å². The number of benzene rings is 1. The third kappa shape index (κ3) is 8.06. The number of carbonyl (C=O) groups excluding carboxylic acids is 4. The molecule has 4 amide bonds. The van der Waals surface area contributed by atoms with Crippen LogP contribution >= 0.6 is 0 Å². The van der Waals surface area contributed by atoms with Gasteiger partial charge < -0.3 is 25.0 Å². The second-order valence-electron chi connectivity index (χ2n) is 15.6. The first-order chi connectivity index (χ1) is 23.3. The molecule has 1 aromatic carbocycles. The lowest BCUT2D eigenvalue weighted by Gasteiger charge is -2.36. The lowest BCUT2D eigenvalue weighted by atomic mass is 9.85. The lowest BCUT2D eigenvalue weighted by molar-refractivity contribution is -0.143. The van der Waals surface area contributed by atoms with Gasteiger partial charge in [0.25, 0.3) is 5.91 Å². The first-order valence-electron chi connectivity index (χ1n) is 17.1. The average molecular weight is 712 g/mol. The summed E-state index contributed by atoms with van der Waals surface area (Å²) in [6.45, 7) is 16.3. The van der Waals surface area contributed by atoms with Crippen molar-refractivity contribution < 1.29 is 37.1 Å². The van der Waals surface area contributed by atoms with E-state index in [0.29, 0.717) is 18.7 Å². The second-order valence-corrected chi connectivity index (χ2v) is 17.6. The van der Waals surface area contributed by atoms with Crippen LogP contribution in [0, 0.1) is 11.3 Å². The SMILES string of the molecule is C=C[C@@H]1C[C@@]1(NC(=O)[C@H]1C[C@@H](Oc2nccc3cc(CC)ccc23)CN1C(=O)[C@@H](NC(=O)OC(C)(C)C)C(C)(C)C)C(=O)NS(=O)(=O)C1CC1. The molecule has 3 N–H and O–H groups in total. The molecular formula is C36H49N5O8S. The molecule has 14 heteroatoms. The average Bonchev–Trinajstić information content (AvgIpc) is 3.95. The molecule has 3 aliphatic rings. The first-order valence-corrected chi connectivity index (χ1v) is 18.7. The van der Waals surface area contributed by atoms with Crippen LogP contribution in [0.2, 0.25) is 0 Å². The lowest BCUT2D eigenvalue weighted by Crippen LogP contribution is -2.60. The minimum atomic E-state index is -3.89. The van der Waals surface area contributed by atoms with Gasteiger partial charge in [0, 0.05) is 23.9 Å². The predicted molar refractivity (Wildman–Crippen MR) is 188 cm³/mol. The summed E-state index contributed by atoms with van der Waals surface area (Å²) in [6, 6.07) is 5.64. The molecule has 0 spiro atoms. The molecule has 272 valence electrons. The quantitative estimate of drug-likeness (QED) is 0.294. The van der Waals surface area contributed by atoms with Crippen molar-refractivity contribution in [1.29, 1.82) is 0 Å². The highest BCUT2D eigenvalue weighted by Gasteiger charge is 2.62. The molecule has 2 aliphatic carbocycles. The van der Waals surface area contributed by atoms with E-state index in [1.807, 2.05) is 18.2 Å². The monoisotopic (exact) mass is 711 g/mol. The predicted octanol–water partition coefficient (Wildman–Crippen LogP) is 3.75. The summed E-state index contributed by atoms with van der Waals surface area (Å²) in [5, 5.41) is 6.56. The number of fused-ring (bicyclic) bond motifs is 1. The molecule has 0 radical (unpaired) electrons. The number of amides is 4. The van der Waals surface area contributed by atoms with Crippen molar-refractivity contribution in [3.63, 3.8) is 0 Å². The molecule has 0 unspecified atom stereocenters. The number of rotatable bonds is 11. The maximum Gasteiger partial charge on any atom is 0.408 e. The van der Waals surface area contributed by atoms with E-state index in [0.717, 1.165) is 22.8 Å². The Morgan fingerprint density at radius 2 is 1.82 bits per heavy atom. The Balaban J connectivity index is 1.44. The molecule has 5 rings (SSSR count). The van der Waals surface area contributed by atoms with Crippen LogP contribution in [-0.4, -0.2) is 83.2 Å². The molecule has 50 heavy (non-hydrogen) atoms. The zero-order valence-electron chi connectivity index (χ0n) is 29.9. The summed E-state index contributed by atoms with van der Waals surface area (Å²) in [7, 11) is -3.89. The summed E-state index contributed by atoms with van der Waals surface area (Å²) in [5.41, 5.74) is -2.01. The Morgan fingerprint density at radius 3 is 2.40 bits per heavy atom. The van der Waals surface area contributed by atoms with Crippen molar-refractivity contribution in [1.82, 2.24) is 25.2 Å². The van der Waals surface area contributed by atoms with Crippen LogP contribution in [0.15, 0.2) is 43.1 Å². The van der Waals surface area contributed by atoms with Gasteiger partial charge in [0.15, 0.2) is 0 Å². The van der Waals surface area contributed by atoms with Crippen LogP contribution < -0.4 is 20.1 Å². The molecule has 2 aromatic rings. The summed E-state index contributed by atoms with van der Waals surface area (Å²) >= 11 is 0. The van der Waals surface area contributed by atoms with Crippen LogP contribution in [0.25, 0.3) is 10.8 Å². The van der Waals surface area contributed by atoms with Crippen LogP contribution in [0.4, 0.5) is 4.79 Å². The van der Waals surface area contributed by atoms with Crippen molar-refractivity contribution in [3.8, 4) is 5.88 Å². The van der Waals surface area contributed by atoms with Crippen molar-refractivity contribution in [2.24, 2.45) is 11.3 Å². The van der Waals surface area contributed by atoms with Crippen LogP contribution in [0.3, 0.4) is 0 Å². The van der Waals surface area contributed by atoms with Gasteiger partial charge in [-0.1, -0.05) is 45.9 Å². The number of aromatic nitrogens is 1. The number of sulfonamides is 1. The fourth-order valence-electron chi connectivity index (χ4n) is 6.31. The molecule has 0 bridgehead atoms. The fraction of sp³-hybridized carbons (Fsp3) is 0.583. The minimum Gasteiger partial charge on any atom is -0.472 e. The van der Waals surface area contributed by atoms with Crippen LogP contribution in [-0.2, 0) is 35.6 Å². The van der Waals surface area contributed by atoms with Gasteiger partial charge in [-0.05, 0) is 75.0 Å². The molecule has 3 fully saturated rings. The van der Waals surface area contributed by atoms with E-state index in [1.54, 1.807) is 47.7 Å². The van der Waals surface area contributed by atoms with Crippen molar-refractivity contribution in [3.05, 3.63) is 48.7 Å². The van der Waals surface area contributed by atoms with Gasteiger partial charge in [-0.25, -0.2) is 18.2 Å². The zero-order chi connectivity index (χ0) is 36.8. The van der Waals surface area contributed by atoms with E-state index in [9.17, 15) is 27.6 Å². The number of carbonyl (C=O) groups is 4. The third-order valence-electron chi connectivity index (χ3n) is 9.35. The van der Waals surface area contributed by atoms with E-state index in [2.05, 4.69) is 39.9 Å². The summed E-state index contributed by atoms with van der Waals surface area (Å²) in [5.74, 6) is -2.20. The Kier molecular flexibility index (Phi) is 10.0. The van der Waals surface area contributed by atoms with E-state index in [1.165, 1.54) is 11.0 Å². The Bertz CT molecular complexity index is 1800. The molecule has 5 atom stereocenters. The fourth-order valence-corrected chi connectivity index (χ4v) is 7.67. The number of likely N-dealkylation sites (tertiary alicyclic amines) is 1. The van der Waals surface area contributed by atoms with E-state index < -0.39 is 79.7 Å². The van der Waals surface area contributed by atoms with Gasteiger partial charge in [-0.15, -0.1) is 6.58 Å². The zero-order valence-corrected chi connectivity index (χ0v) is 30.7. The summed E-state index contributed by atoms with van der Waals surface area (Å²) in [6.07, 6.45) is 3.65. The largest absolute Gasteiger partial charge is 0.472 e. The van der Waals surface area contributed by atoms with Crippen LogP contribution in [0.5, 0.6) is 5.88 Å². The van der Waals surface area contributed by atoms with E-state index in [-0.39, 0.29) is 19.4 Å². The van der Waals surface area contributed by atoms with Gasteiger partial charge in [0.1, 0.15) is 29.3 Å². The summed E-state index contributed by atoms with van der Waals surface area (Å²) < 4.78 is 39.3. The topological polar surface area (TPSA) is 173 Å². The standard InChI is InChI=1S/C36H49N5O8S/c1-9-21-11-14-26-22(17-21)15-16-37-30(26)48-24-18-27(41(20-24)31(43)28(34(3,4)5)38-33(45)49-35(6,7)8)29(42)39-36(19-23(36)10-2)32(44)40-50(46,47)25-12-13-25/h10-11,14-17,23-25,27-28H,2,9,12-13,18-20H2,1,3-8H3,(H,38,45)(H,39,42)(H,40,44)/t23-,24-,27-,28-,36+/m1/s1. The molecule has 1 aromatic heterocycles. The first kappa shape index (κ1) is 37.1. The second kappa shape index (κ2) is 13.5. The van der Waals surface area contributed by atoms with Crippen molar-refractivity contribution in [2.45, 2.75) is 115 Å². The highest BCUT2D eigenvalue weighted by atomic mass is 32.2. The molecule has 2 heterocycles. The number of aryl methyl sites for hydroxylation is 1. The van der Waals surface area contributed by atoms with Crippen molar-refractivity contribution in [2.75, 3.05) is 6.54 Å². The highest BCUT2D eigenvalue weighted by Crippen LogP contribution is 2.45. The van der Waals surface area contributed by atoms with E-state index >= 15 is 0 Å². The minimum absolute atomic E-state index is 0.0231. The van der Waals surface area contributed by atoms with Crippen LogP contribution in [0.1, 0.15) is 79.7 Å². The number of nitrogens with one attached hydrogen (secondary N) is 3. The Morgan fingerprint density at radius 1 is 1.12 bits per heavy atom. The van der Waals surface area contributed by atoms with Gasteiger partial charge >= 0.3 is 6.09 Å². The molecule has 2 saturated carbocycles. The maximum absolute atomic E-state index is 14.4. The number of ether oxygens (including phenoxy) is 2.